The number of primary amides is 1. The van der Waals surface area contributed by atoms with Crippen molar-refractivity contribution in [3.05, 3.63) is 56.3 Å². The minimum Gasteiger partial charge on any atom is -0.370 e. The molecule has 1 fully saturated rings. The topological polar surface area (TPSA) is 130 Å². The third kappa shape index (κ3) is 6.97. The van der Waals surface area contributed by atoms with Crippen LogP contribution < -0.4 is 10.6 Å². The van der Waals surface area contributed by atoms with Gasteiger partial charge in [-0.15, -0.1) is 11.3 Å². The number of carbonyl (C=O) groups is 3. The molecule has 3 amide bonds. The van der Waals surface area contributed by atoms with E-state index in [1.165, 1.54) is 42.5 Å². The zero-order chi connectivity index (χ0) is 28.2. The first kappa shape index (κ1) is 29.7. The summed E-state index contributed by atoms with van der Waals surface area (Å²) in [6.07, 6.45) is 0.0867. The van der Waals surface area contributed by atoms with Gasteiger partial charge in [0.2, 0.25) is 21.8 Å². The van der Waals surface area contributed by atoms with Gasteiger partial charge in [-0.25, -0.2) is 12.8 Å². The van der Waals surface area contributed by atoms with Gasteiger partial charge in [-0.05, 0) is 49.2 Å². The second kappa shape index (κ2) is 12.3. The standard InChI is InChI=1S/C24H28ClFN4O6S2/c1-15(20-6-7-21(25)37-20)14-38(34,35)30(10-11-36-13-22(27)31)19-8-9-29(24(19)33)18-5-4-16(12-17(18)26)23(32)28(2)3/h4-7,12,14,19H,8-11,13H2,1-3H3,(H2,27,31)/t19-/m0/s1. The molecular weight excluding hydrogens is 559 g/mol. The highest BCUT2D eigenvalue weighted by Crippen LogP contribution is 2.31. The van der Waals surface area contributed by atoms with E-state index in [1.807, 2.05) is 0 Å². The SMILES string of the molecule is CC(=CS(=O)(=O)N(CCOCC(N)=O)[C@H]1CCN(c2ccc(C(=O)N(C)C)cc2F)C1=O)c1ccc(Cl)s1. The number of ether oxygens (including phenoxy) is 1. The number of nitrogens with two attached hydrogens (primary N) is 1. The van der Waals surface area contributed by atoms with Crippen LogP contribution in [0.3, 0.4) is 0 Å². The molecule has 1 aromatic carbocycles. The maximum atomic E-state index is 15.0. The van der Waals surface area contributed by atoms with Crippen molar-refractivity contribution < 1.29 is 31.9 Å². The largest absolute Gasteiger partial charge is 0.370 e. The maximum absolute atomic E-state index is 15.0. The molecule has 2 aromatic rings. The van der Waals surface area contributed by atoms with Gasteiger partial charge in [-0.1, -0.05) is 11.6 Å². The van der Waals surface area contributed by atoms with Crippen molar-refractivity contribution >= 4 is 61.9 Å². The Morgan fingerprint density at radius 1 is 1.29 bits per heavy atom. The fourth-order valence-electron chi connectivity index (χ4n) is 3.95. The number of nitrogens with zero attached hydrogens (tertiary/aromatic N) is 3. The summed E-state index contributed by atoms with van der Waals surface area (Å²) < 4.78 is 48.5. The lowest BCUT2D eigenvalue weighted by atomic mass is 10.1. The zero-order valence-corrected chi connectivity index (χ0v) is 23.4. The Hall–Kier alpha value is -2.84. The first-order valence-electron chi connectivity index (χ1n) is 11.5. The summed E-state index contributed by atoms with van der Waals surface area (Å²) in [4.78, 5) is 39.7. The predicted octanol–water partition coefficient (Wildman–Crippen LogP) is 2.54. The summed E-state index contributed by atoms with van der Waals surface area (Å²) in [5.74, 6) is -2.53. The first-order valence-corrected chi connectivity index (χ1v) is 14.2. The van der Waals surface area contributed by atoms with Gasteiger partial charge < -0.3 is 20.3 Å². The van der Waals surface area contributed by atoms with Crippen molar-refractivity contribution in [1.29, 1.82) is 0 Å². The van der Waals surface area contributed by atoms with Gasteiger partial charge in [0.15, 0.2) is 0 Å². The van der Waals surface area contributed by atoms with Gasteiger partial charge in [-0.3, -0.25) is 14.4 Å². The van der Waals surface area contributed by atoms with Gasteiger partial charge in [0, 0.05) is 37.6 Å². The van der Waals surface area contributed by atoms with E-state index >= 15 is 0 Å². The summed E-state index contributed by atoms with van der Waals surface area (Å²) in [6.45, 7) is 0.812. The van der Waals surface area contributed by atoms with Crippen molar-refractivity contribution in [3.63, 3.8) is 0 Å². The number of carbonyl (C=O) groups excluding carboxylic acids is 3. The molecule has 2 N–H and O–H groups in total. The summed E-state index contributed by atoms with van der Waals surface area (Å²) in [6, 6.07) is 5.96. The second-order valence-corrected chi connectivity index (χ2v) is 12.2. The Kier molecular flexibility index (Phi) is 9.65. The smallest absolute Gasteiger partial charge is 0.253 e. The van der Waals surface area contributed by atoms with Gasteiger partial charge in [0.05, 0.1) is 22.0 Å². The number of thiophene rings is 1. The van der Waals surface area contributed by atoms with E-state index < -0.39 is 46.2 Å². The molecule has 0 saturated carbocycles. The lowest BCUT2D eigenvalue weighted by Gasteiger charge is -2.26. The Bertz CT molecular complexity index is 1360. The number of hydrogen-bond donors (Lipinski definition) is 1. The second-order valence-electron chi connectivity index (χ2n) is 8.74. The summed E-state index contributed by atoms with van der Waals surface area (Å²) in [5, 5.41) is 1.04. The van der Waals surface area contributed by atoms with Gasteiger partial charge >= 0.3 is 0 Å². The van der Waals surface area contributed by atoms with E-state index in [4.69, 9.17) is 22.1 Å². The number of hydrogen-bond acceptors (Lipinski definition) is 7. The van der Waals surface area contributed by atoms with Crippen molar-refractivity contribution in [2.75, 3.05) is 45.3 Å². The molecule has 0 unspecified atom stereocenters. The van der Waals surface area contributed by atoms with Crippen molar-refractivity contribution in [3.8, 4) is 0 Å². The van der Waals surface area contributed by atoms with Gasteiger partial charge in [-0.2, -0.15) is 4.31 Å². The third-order valence-corrected chi connectivity index (χ3v) is 8.84. The molecule has 10 nitrogen and oxygen atoms in total. The van der Waals surface area contributed by atoms with E-state index in [9.17, 15) is 27.2 Å². The van der Waals surface area contributed by atoms with E-state index in [-0.39, 0.29) is 37.4 Å². The number of anilines is 1. The van der Waals surface area contributed by atoms with E-state index in [2.05, 4.69) is 0 Å². The fourth-order valence-corrected chi connectivity index (χ4v) is 6.63. The molecule has 2 heterocycles. The molecule has 38 heavy (non-hydrogen) atoms. The van der Waals surface area contributed by atoms with Crippen LogP contribution in [-0.2, 0) is 24.3 Å². The monoisotopic (exact) mass is 586 g/mol. The number of rotatable bonds is 11. The zero-order valence-electron chi connectivity index (χ0n) is 21.0. The van der Waals surface area contributed by atoms with Crippen molar-refractivity contribution in [1.82, 2.24) is 9.21 Å². The summed E-state index contributed by atoms with van der Waals surface area (Å²) in [7, 11) is -1.10. The normalized spacial score (nSPS) is 16.4. The molecule has 1 aromatic heterocycles. The minimum absolute atomic E-state index is 0.0544. The Morgan fingerprint density at radius 2 is 2.00 bits per heavy atom. The van der Waals surface area contributed by atoms with Crippen LogP contribution in [-0.4, -0.2) is 81.8 Å². The van der Waals surface area contributed by atoms with Crippen LogP contribution in [0, 0.1) is 5.82 Å². The highest BCUT2D eigenvalue weighted by Gasteiger charge is 2.42. The fraction of sp³-hybridized carbons (Fsp3) is 0.375. The van der Waals surface area contributed by atoms with Crippen LogP contribution in [0.4, 0.5) is 10.1 Å². The highest BCUT2D eigenvalue weighted by atomic mass is 35.5. The molecule has 14 heteroatoms. The maximum Gasteiger partial charge on any atom is 0.253 e. The molecule has 1 saturated heterocycles. The Morgan fingerprint density at radius 3 is 2.58 bits per heavy atom. The van der Waals surface area contributed by atoms with Gasteiger partial charge in [0.25, 0.3) is 5.91 Å². The van der Waals surface area contributed by atoms with Crippen LogP contribution in [0.25, 0.3) is 5.57 Å². The molecule has 1 aliphatic heterocycles. The summed E-state index contributed by atoms with van der Waals surface area (Å²) >= 11 is 7.18. The molecule has 0 aliphatic carbocycles. The first-order chi connectivity index (χ1) is 17.8. The summed E-state index contributed by atoms with van der Waals surface area (Å²) in [5.41, 5.74) is 5.55. The van der Waals surface area contributed by atoms with Crippen LogP contribution in [0.5, 0.6) is 0 Å². The molecular formula is C24H28ClFN4O6S2. The number of benzene rings is 1. The van der Waals surface area contributed by atoms with Crippen LogP contribution in [0.2, 0.25) is 4.34 Å². The molecule has 0 bridgehead atoms. The number of sulfonamides is 1. The quantitative estimate of drug-likeness (QED) is 0.403. The molecule has 206 valence electrons. The average molecular weight is 587 g/mol. The van der Waals surface area contributed by atoms with Gasteiger partial charge in [0.1, 0.15) is 18.5 Å². The number of amides is 3. The van der Waals surface area contributed by atoms with Crippen LogP contribution in [0.15, 0.2) is 35.7 Å². The lowest BCUT2D eigenvalue weighted by Crippen LogP contribution is -2.46. The van der Waals surface area contributed by atoms with E-state index in [0.29, 0.717) is 14.8 Å². The molecule has 1 atom stereocenters. The Labute approximate surface area is 229 Å². The Balaban J connectivity index is 1.89. The number of allylic oxidation sites excluding steroid dienone is 1. The lowest BCUT2D eigenvalue weighted by molar-refractivity contribution is -0.123. The van der Waals surface area contributed by atoms with Crippen molar-refractivity contribution in [2.45, 2.75) is 19.4 Å². The third-order valence-electron chi connectivity index (χ3n) is 5.73. The highest BCUT2D eigenvalue weighted by molar-refractivity contribution is 7.92. The molecule has 0 radical (unpaired) electrons. The van der Waals surface area contributed by atoms with Crippen LogP contribution in [0.1, 0.15) is 28.6 Å². The molecule has 3 rings (SSSR count). The molecule has 1 aliphatic rings. The van der Waals surface area contributed by atoms with E-state index in [1.54, 1.807) is 19.1 Å². The average Bonchev–Trinajstić information content (AvgIpc) is 3.43. The minimum atomic E-state index is -4.17. The van der Waals surface area contributed by atoms with Crippen LogP contribution >= 0.6 is 22.9 Å². The van der Waals surface area contributed by atoms with Crippen molar-refractivity contribution in [2.24, 2.45) is 5.73 Å². The number of halogens is 2. The molecule has 0 spiro atoms. The predicted molar refractivity (Wildman–Crippen MR) is 144 cm³/mol. The van der Waals surface area contributed by atoms with E-state index in [0.717, 1.165) is 20.7 Å².